The Labute approximate surface area is 189 Å². The summed E-state index contributed by atoms with van der Waals surface area (Å²) in [6, 6.07) is 0. The van der Waals surface area contributed by atoms with E-state index in [0.29, 0.717) is 24.1 Å². The van der Waals surface area contributed by atoms with Crippen molar-refractivity contribution in [2.24, 2.45) is 0 Å². The molecule has 0 aromatic rings. The molecule has 2 unspecified atom stereocenters. The van der Waals surface area contributed by atoms with Crippen molar-refractivity contribution in [3.63, 3.8) is 0 Å². The third kappa shape index (κ3) is 21.1. The lowest BCUT2D eigenvalue weighted by atomic mass is 10.1. The molecule has 31 heavy (non-hydrogen) atoms. The van der Waals surface area contributed by atoms with Crippen LogP contribution in [-0.2, 0) is 27.9 Å². The number of esters is 1. The Morgan fingerprint density at radius 1 is 0.871 bits per heavy atom. The fourth-order valence-corrected chi connectivity index (χ4v) is 3.42. The van der Waals surface area contributed by atoms with Crippen LogP contribution < -0.4 is 4.89 Å². The molecule has 0 heterocycles. The van der Waals surface area contributed by atoms with Crippen LogP contribution in [0, 0.1) is 0 Å². The van der Waals surface area contributed by atoms with Gasteiger partial charge in [-0.2, -0.15) is 0 Å². The van der Waals surface area contributed by atoms with Crippen molar-refractivity contribution in [3.8, 4) is 0 Å². The van der Waals surface area contributed by atoms with Crippen molar-refractivity contribution in [2.75, 3.05) is 54.1 Å². The van der Waals surface area contributed by atoms with Crippen molar-refractivity contribution in [1.29, 1.82) is 0 Å². The summed E-state index contributed by atoms with van der Waals surface area (Å²) in [6.07, 6.45) is 9.12. The summed E-state index contributed by atoms with van der Waals surface area (Å²) in [5, 5.41) is 0. The maximum Gasteiger partial charge on any atom is 0.305 e. The molecule has 8 nitrogen and oxygen atoms in total. The SMILES string of the molecule is CCCCCCCOC(COC(=O)CCCCCC)COP(=O)([O-])OCC[N+](C)(C)C. The molecule has 0 amide bonds. The fraction of sp³-hybridized carbons (Fsp3) is 0.955. The van der Waals surface area contributed by atoms with Crippen LogP contribution in [0.1, 0.15) is 78.1 Å². The molecular formula is C22H46NO7P. The van der Waals surface area contributed by atoms with Gasteiger partial charge in [-0.15, -0.1) is 0 Å². The standard InChI is InChI=1S/C22H46NO7P/c1-6-8-10-12-14-17-27-21(19-28-22(24)15-13-11-9-7-2)20-30-31(25,26)29-18-16-23(3,4)5/h21H,6-20H2,1-5H3. The van der Waals surface area contributed by atoms with Gasteiger partial charge in [-0.1, -0.05) is 58.8 Å². The van der Waals surface area contributed by atoms with E-state index < -0.39 is 13.9 Å². The number of hydrogen-bond acceptors (Lipinski definition) is 7. The first-order valence-electron chi connectivity index (χ1n) is 11.8. The van der Waals surface area contributed by atoms with Gasteiger partial charge in [0.15, 0.2) is 0 Å². The van der Waals surface area contributed by atoms with Crippen LogP contribution in [-0.4, -0.2) is 70.7 Å². The van der Waals surface area contributed by atoms with Crippen molar-refractivity contribution in [2.45, 2.75) is 84.2 Å². The van der Waals surface area contributed by atoms with E-state index in [1.807, 2.05) is 21.1 Å². The zero-order valence-corrected chi connectivity index (χ0v) is 21.3. The molecule has 0 bridgehead atoms. The second-order valence-corrected chi connectivity index (χ2v) is 10.4. The van der Waals surface area contributed by atoms with E-state index >= 15 is 0 Å². The average molecular weight is 468 g/mol. The van der Waals surface area contributed by atoms with Crippen molar-refractivity contribution in [3.05, 3.63) is 0 Å². The highest BCUT2D eigenvalue weighted by Crippen LogP contribution is 2.38. The van der Waals surface area contributed by atoms with Crippen LogP contribution in [0.25, 0.3) is 0 Å². The van der Waals surface area contributed by atoms with E-state index in [4.69, 9.17) is 18.5 Å². The second-order valence-electron chi connectivity index (χ2n) is 8.99. The van der Waals surface area contributed by atoms with Gasteiger partial charge in [-0.3, -0.25) is 9.36 Å². The number of phosphoric ester groups is 1. The van der Waals surface area contributed by atoms with Crippen LogP contribution in [0.2, 0.25) is 0 Å². The van der Waals surface area contributed by atoms with Crippen molar-refractivity contribution in [1.82, 2.24) is 0 Å². The highest BCUT2D eigenvalue weighted by atomic mass is 31.2. The van der Waals surface area contributed by atoms with Gasteiger partial charge in [0.2, 0.25) is 0 Å². The maximum absolute atomic E-state index is 12.0. The first-order chi connectivity index (χ1) is 14.6. The minimum absolute atomic E-state index is 0.0273. The Balaban J connectivity index is 4.43. The summed E-state index contributed by atoms with van der Waals surface area (Å²) in [5.41, 5.74) is 0. The Kier molecular flexibility index (Phi) is 17.7. The van der Waals surface area contributed by atoms with E-state index in [0.717, 1.165) is 44.9 Å². The van der Waals surface area contributed by atoms with Crippen LogP contribution >= 0.6 is 7.82 Å². The number of carbonyl (C=O) groups is 1. The zero-order valence-electron chi connectivity index (χ0n) is 20.4. The molecule has 0 fully saturated rings. The summed E-state index contributed by atoms with van der Waals surface area (Å²) < 4.78 is 33.6. The molecule has 0 saturated heterocycles. The van der Waals surface area contributed by atoms with Gasteiger partial charge in [-0.25, -0.2) is 0 Å². The van der Waals surface area contributed by atoms with Crippen LogP contribution in [0.3, 0.4) is 0 Å². The fourth-order valence-electron chi connectivity index (χ4n) is 2.69. The number of carbonyl (C=O) groups excluding carboxylic acids is 1. The van der Waals surface area contributed by atoms with Gasteiger partial charge >= 0.3 is 5.97 Å². The topological polar surface area (TPSA) is 94.1 Å². The van der Waals surface area contributed by atoms with Crippen molar-refractivity contribution >= 4 is 13.8 Å². The van der Waals surface area contributed by atoms with Crippen molar-refractivity contribution < 1.29 is 37.3 Å². The number of phosphoric acid groups is 1. The molecule has 9 heteroatoms. The molecule has 186 valence electrons. The quantitative estimate of drug-likeness (QED) is 0.109. The molecule has 0 radical (unpaired) electrons. The number of quaternary nitrogens is 1. The monoisotopic (exact) mass is 467 g/mol. The number of unbranched alkanes of at least 4 members (excludes halogenated alkanes) is 7. The zero-order chi connectivity index (χ0) is 23.6. The number of likely N-dealkylation sites (N-methyl/N-ethyl adjacent to an activating group) is 1. The molecule has 0 saturated carbocycles. The highest BCUT2D eigenvalue weighted by Gasteiger charge is 2.19. The average Bonchev–Trinajstić information content (AvgIpc) is 2.68. The van der Waals surface area contributed by atoms with Crippen LogP contribution in [0.5, 0.6) is 0 Å². The second kappa shape index (κ2) is 18.0. The molecule has 0 rings (SSSR count). The molecule has 0 aliphatic heterocycles. The highest BCUT2D eigenvalue weighted by molar-refractivity contribution is 7.45. The summed E-state index contributed by atoms with van der Waals surface area (Å²) in [6.45, 7) is 5.05. The minimum Gasteiger partial charge on any atom is -0.756 e. The number of nitrogens with zero attached hydrogens (tertiary/aromatic N) is 1. The molecule has 0 aromatic heterocycles. The lowest BCUT2D eigenvalue weighted by molar-refractivity contribution is -0.870. The summed E-state index contributed by atoms with van der Waals surface area (Å²) in [5.74, 6) is -0.294. The molecule has 0 aliphatic carbocycles. The van der Waals surface area contributed by atoms with Gasteiger partial charge in [-0.05, 0) is 12.8 Å². The predicted molar refractivity (Wildman–Crippen MR) is 121 cm³/mol. The molecule has 0 aromatic carbocycles. The third-order valence-corrected chi connectivity index (χ3v) is 5.66. The summed E-state index contributed by atoms with van der Waals surface area (Å²) >= 11 is 0. The van der Waals surface area contributed by atoms with E-state index in [2.05, 4.69) is 13.8 Å². The number of ether oxygens (including phenoxy) is 2. The molecular weight excluding hydrogens is 421 g/mol. The Bertz CT molecular complexity index is 497. The Morgan fingerprint density at radius 3 is 2.10 bits per heavy atom. The lowest BCUT2D eigenvalue weighted by Crippen LogP contribution is -2.37. The molecule has 0 spiro atoms. The minimum atomic E-state index is -4.44. The molecule has 0 aliphatic rings. The van der Waals surface area contributed by atoms with E-state index in [-0.39, 0.29) is 25.8 Å². The predicted octanol–water partition coefficient (Wildman–Crippen LogP) is 4.06. The van der Waals surface area contributed by atoms with Gasteiger partial charge in [0.25, 0.3) is 7.82 Å². The van der Waals surface area contributed by atoms with Crippen LogP contribution in [0.15, 0.2) is 0 Å². The smallest absolute Gasteiger partial charge is 0.305 e. The Hall–Kier alpha value is -0.500. The van der Waals surface area contributed by atoms with E-state index in [1.54, 1.807) is 0 Å². The maximum atomic E-state index is 12.0. The third-order valence-electron chi connectivity index (χ3n) is 4.70. The molecule has 2 atom stereocenters. The Morgan fingerprint density at radius 2 is 1.48 bits per heavy atom. The first kappa shape index (κ1) is 30.5. The normalized spacial score (nSPS) is 14.9. The van der Waals surface area contributed by atoms with E-state index in [9.17, 15) is 14.3 Å². The summed E-state index contributed by atoms with van der Waals surface area (Å²) in [4.78, 5) is 24.0. The summed E-state index contributed by atoms with van der Waals surface area (Å²) in [7, 11) is 1.40. The number of hydrogen-bond donors (Lipinski definition) is 0. The van der Waals surface area contributed by atoms with Crippen LogP contribution in [0.4, 0.5) is 0 Å². The number of rotatable bonds is 21. The molecule has 0 N–H and O–H groups in total. The van der Waals surface area contributed by atoms with E-state index in [1.165, 1.54) is 12.8 Å². The van der Waals surface area contributed by atoms with Gasteiger partial charge in [0.1, 0.15) is 25.9 Å². The van der Waals surface area contributed by atoms with Gasteiger partial charge < -0.3 is 27.9 Å². The lowest BCUT2D eigenvalue weighted by Gasteiger charge is -2.28. The van der Waals surface area contributed by atoms with Gasteiger partial charge in [0.05, 0.1) is 27.7 Å². The van der Waals surface area contributed by atoms with Gasteiger partial charge in [0, 0.05) is 13.0 Å². The largest absolute Gasteiger partial charge is 0.756 e. The first-order valence-corrected chi connectivity index (χ1v) is 13.2.